The van der Waals surface area contributed by atoms with Gasteiger partial charge in [-0.05, 0) is 6.07 Å². The third-order valence-corrected chi connectivity index (χ3v) is 2.48. The average Bonchev–Trinajstić information content (AvgIpc) is 2.34. The highest BCUT2D eigenvalue weighted by Crippen LogP contribution is 2.24. The zero-order chi connectivity index (χ0) is 15.1. The second-order valence-electron chi connectivity index (χ2n) is 3.54. The van der Waals surface area contributed by atoms with Crippen molar-refractivity contribution in [2.75, 3.05) is 6.54 Å². The van der Waals surface area contributed by atoms with Gasteiger partial charge in [0.1, 0.15) is 6.10 Å². The number of carbonyl (C=O) groups is 3. The average molecular weight is 302 g/mol. The molecule has 0 aliphatic rings. The number of amides is 3. The summed E-state index contributed by atoms with van der Waals surface area (Å²) >= 11 is 5.95. The second kappa shape index (κ2) is 7.19. The predicted octanol–water partition coefficient (Wildman–Crippen LogP) is 1.28. The van der Waals surface area contributed by atoms with Crippen LogP contribution in [-0.4, -0.2) is 24.8 Å². The molecule has 0 radical (unpaired) electrons. The van der Waals surface area contributed by atoms with Crippen molar-refractivity contribution in [1.29, 1.82) is 0 Å². The molecule has 1 aromatic rings. The van der Waals surface area contributed by atoms with Gasteiger partial charge in [0.15, 0.2) is 0 Å². The van der Waals surface area contributed by atoms with Gasteiger partial charge < -0.3 is 26.3 Å². The van der Waals surface area contributed by atoms with Gasteiger partial charge >= 0.3 is 18.3 Å². The van der Waals surface area contributed by atoms with Crippen LogP contribution in [0.15, 0.2) is 24.3 Å². The quantitative estimate of drug-likeness (QED) is 0.720. The molecule has 3 amide bonds. The van der Waals surface area contributed by atoms with Crippen LogP contribution in [0.5, 0.6) is 0 Å². The van der Waals surface area contributed by atoms with Crippen LogP contribution in [0.2, 0.25) is 5.02 Å². The minimum Gasteiger partial charge on any atom is -0.440 e. The topological polar surface area (TPSA) is 134 Å². The molecule has 0 aliphatic heterocycles. The Morgan fingerprint density at radius 1 is 1.20 bits per heavy atom. The van der Waals surface area contributed by atoms with E-state index in [4.69, 9.17) is 22.1 Å². The molecule has 0 fully saturated rings. The largest absolute Gasteiger partial charge is 0.440 e. The molecule has 0 aromatic heterocycles. The van der Waals surface area contributed by atoms with Crippen LogP contribution in [0.25, 0.3) is 0 Å². The minimum absolute atomic E-state index is 0.196. The van der Waals surface area contributed by atoms with E-state index in [0.29, 0.717) is 10.6 Å². The zero-order valence-corrected chi connectivity index (χ0v) is 10.9. The first-order valence-electron chi connectivity index (χ1n) is 5.35. The van der Waals surface area contributed by atoms with E-state index in [0.717, 1.165) is 0 Å². The number of alkyl carbamates (subject to hydrolysis) is 1. The van der Waals surface area contributed by atoms with Gasteiger partial charge in [-0.3, -0.25) is 0 Å². The number of benzene rings is 1. The highest BCUT2D eigenvalue weighted by molar-refractivity contribution is 6.31. The van der Waals surface area contributed by atoms with Gasteiger partial charge in [-0.15, -0.1) is 0 Å². The van der Waals surface area contributed by atoms with E-state index in [1.165, 1.54) is 0 Å². The summed E-state index contributed by atoms with van der Waals surface area (Å²) in [6, 6.07) is 6.52. The first kappa shape index (κ1) is 15.6. The molecule has 1 atom stereocenters. The van der Waals surface area contributed by atoms with E-state index in [9.17, 15) is 14.4 Å². The number of nitrogens with two attached hydrogens (primary N) is 2. The van der Waals surface area contributed by atoms with Crippen molar-refractivity contribution in [3.05, 3.63) is 34.9 Å². The summed E-state index contributed by atoms with van der Waals surface area (Å²) in [7, 11) is 0. The van der Waals surface area contributed by atoms with Crippen LogP contribution in [0.4, 0.5) is 14.4 Å². The van der Waals surface area contributed by atoms with E-state index >= 15 is 0 Å². The molecular formula is C11H12ClN3O5. The van der Waals surface area contributed by atoms with Crippen molar-refractivity contribution >= 4 is 29.9 Å². The third-order valence-electron chi connectivity index (χ3n) is 2.14. The Morgan fingerprint density at radius 3 is 2.40 bits per heavy atom. The van der Waals surface area contributed by atoms with E-state index in [1.807, 2.05) is 0 Å². The van der Waals surface area contributed by atoms with Crippen molar-refractivity contribution in [2.24, 2.45) is 11.5 Å². The van der Waals surface area contributed by atoms with Gasteiger partial charge in [0.05, 0.1) is 6.54 Å². The summed E-state index contributed by atoms with van der Waals surface area (Å²) in [5.41, 5.74) is 10.1. The van der Waals surface area contributed by atoms with Crippen LogP contribution in [0.3, 0.4) is 0 Å². The molecule has 108 valence electrons. The Bertz CT molecular complexity index is 523. The maximum Gasteiger partial charge on any atom is 0.416 e. The maximum atomic E-state index is 11.1. The maximum absolute atomic E-state index is 11.1. The van der Waals surface area contributed by atoms with Gasteiger partial charge in [0.25, 0.3) is 0 Å². The van der Waals surface area contributed by atoms with Crippen LogP contribution < -0.4 is 16.8 Å². The molecule has 1 aromatic carbocycles. The van der Waals surface area contributed by atoms with Gasteiger partial charge in [0, 0.05) is 10.6 Å². The molecule has 1 rings (SSSR count). The van der Waals surface area contributed by atoms with Crippen LogP contribution in [0.1, 0.15) is 11.7 Å². The number of primary amides is 2. The minimum atomic E-state index is -1.26. The summed E-state index contributed by atoms with van der Waals surface area (Å²) in [5, 5.41) is 2.51. The normalized spacial score (nSPS) is 11.2. The number of rotatable bonds is 4. The number of halogens is 1. The SMILES string of the molecule is NC(=O)OC(=O)NCC(OC(N)=O)c1ccccc1Cl. The molecule has 0 heterocycles. The lowest BCUT2D eigenvalue weighted by Crippen LogP contribution is -2.34. The molecule has 1 unspecified atom stereocenters. The van der Waals surface area contributed by atoms with E-state index in [1.54, 1.807) is 24.3 Å². The van der Waals surface area contributed by atoms with Gasteiger partial charge in [0.2, 0.25) is 0 Å². The first-order chi connectivity index (χ1) is 9.40. The number of hydrogen-bond donors (Lipinski definition) is 3. The van der Waals surface area contributed by atoms with Crippen molar-refractivity contribution in [1.82, 2.24) is 5.32 Å². The standard InChI is InChI=1S/C11H12ClN3O5/c12-7-4-2-1-3-6(7)8(19-9(13)16)5-15-11(18)20-10(14)17/h1-4,8H,5H2,(H2,13,16)(H2,14,17)(H,15,18). The summed E-state index contributed by atoms with van der Waals surface area (Å²) in [6.45, 7) is -0.196. The molecular weight excluding hydrogens is 290 g/mol. The Labute approximate surface area is 119 Å². The zero-order valence-electron chi connectivity index (χ0n) is 10.2. The van der Waals surface area contributed by atoms with E-state index in [2.05, 4.69) is 15.8 Å². The fourth-order valence-electron chi connectivity index (χ4n) is 1.40. The summed E-state index contributed by atoms with van der Waals surface area (Å²) in [6.07, 6.45) is -4.31. The lowest BCUT2D eigenvalue weighted by atomic mass is 10.1. The van der Waals surface area contributed by atoms with Gasteiger partial charge in [-0.1, -0.05) is 29.8 Å². The second-order valence-corrected chi connectivity index (χ2v) is 3.94. The van der Waals surface area contributed by atoms with Crippen LogP contribution in [-0.2, 0) is 9.47 Å². The Hall–Kier alpha value is -2.48. The number of carbonyl (C=O) groups excluding carboxylic acids is 3. The van der Waals surface area contributed by atoms with Crippen molar-refractivity contribution in [3.63, 3.8) is 0 Å². The molecule has 5 N–H and O–H groups in total. The summed E-state index contributed by atoms with van der Waals surface area (Å²) in [4.78, 5) is 32.3. The number of ether oxygens (including phenoxy) is 2. The Kier molecular flexibility index (Phi) is 5.60. The van der Waals surface area contributed by atoms with Crippen molar-refractivity contribution in [2.45, 2.75) is 6.10 Å². The smallest absolute Gasteiger partial charge is 0.416 e. The van der Waals surface area contributed by atoms with Gasteiger partial charge in [-0.25, -0.2) is 14.4 Å². The summed E-state index contributed by atoms with van der Waals surface area (Å²) < 4.78 is 8.90. The Balaban J connectivity index is 2.75. The molecule has 0 saturated carbocycles. The molecule has 0 aliphatic carbocycles. The van der Waals surface area contributed by atoms with Gasteiger partial charge in [-0.2, -0.15) is 0 Å². The van der Waals surface area contributed by atoms with E-state index < -0.39 is 24.4 Å². The lowest BCUT2D eigenvalue weighted by Gasteiger charge is -2.18. The molecule has 0 saturated heterocycles. The van der Waals surface area contributed by atoms with Crippen molar-refractivity contribution < 1.29 is 23.9 Å². The fraction of sp³-hybridized carbons (Fsp3) is 0.182. The monoisotopic (exact) mass is 301 g/mol. The lowest BCUT2D eigenvalue weighted by molar-refractivity contribution is 0.102. The Morgan fingerprint density at radius 2 is 1.85 bits per heavy atom. The first-order valence-corrected chi connectivity index (χ1v) is 5.73. The number of hydrogen-bond acceptors (Lipinski definition) is 5. The fourth-order valence-corrected chi connectivity index (χ4v) is 1.65. The van der Waals surface area contributed by atoms with Crippen molar-refractivity contribution in [3.8, 4) is 0 Å². The third kappa shape index (κ3) is 5.02. The highest BCUT2D eigenvalue weighted by Gasteiger charge is 2.19. The highest BCUT2D eigenvalue weighted by atomic mass is 35.5. The van der Waals surface area contributed by atoms with Crippen LogP contribution in [0, 0.1) is 0 Å². The molecule has 0 bridgehead atoms. The molecule has 9 heteroatoms. The molecule has 0 spiro atoms. The van der Waals surface area contributed by atoms with E-state index in [-0.39, 0.29) is 6.54 Å². The van der Waals surface area contributed by atoms with Crippen LogP contribution >= 0.6 is 11.6 Å². The molecule has 20 heavy (non-hydrogen) atoms. The number of nitrogens with one attached hydrogen (secondary N) is 1. The summed E-state index contributed by atoms with van der Waals surface area (Å²) in [5.74, 6) is 0. The predicted molar refractivity (Wildman–Crippen MR) is 68.9 cm³/mol. The molecule has 8 nitrogen and oxygen atoms in total.